The lowest BCUT2D eigenvalue weighted by molar-refractivity contribution is 0.0721. The van der Waals surface area contributed by atoms with Gasteiger partial charge in [0.05, 0.1) is 30.0 Å². The van der Waals surface area contributed by atoms with Crippen LogP contribution in [0.15, 0.2) is 95.2 Å². The summed E-state index contributed by atoms with van der Waals surface area (Å²) in [5.41, 5.74) is 1.70. The smallest absolute Gasteiger partial charge is 0.343 e. The quantitative estimate of drug-likeness (QED) is 0.0603. The first-order chi connectivity index (χ1) is 22.0. The first-order valence-corrected chi connectivity index (χ1v) is 14.9. The van der Waals surface area contributed by atoms with Gasteiger partial charge in [-0.15, -0.1) is 5.11 Å². The summed E-state index contributed by atoms with van der Waals surface area (Å²) < 4.78 is 33.5. The maximum absolute atomic E-state index is 12.8. The molecule has 1 aliphatic heterocycles. The maximum Gasteiger partial charge on any atom is 0.343 e. The Kier molecular flexibility index (Phi) is 10.6. The molecule has 4 aromatic carbocycles. The summed E-state index contributed by atoms with van der Waals surface area (Å²) in [5, 5.41) is 8.55. The van der Waals surface area contributed by atoms with Crippen molar-refractivity contribution in [3.63, 3.8) is 0 Å². The Morgan fingerprint density at radius 2 is 1.16 bits per heavy atom. The minimum absolute atomic E-state index is 0.0507. The van der Waals surface area contributed by atoms with Gasteiger partial charge in [-0.25, -0.2) is 9.59 Å². The second-order valence-corrected chi connectivity index (χ2v) is 10.1. The minimum Gasteiger partial charge on any atom is -0.494 e. The highest BCUT2D eigenvalue weighted by molar-refractivity contribution is 5.92. The number of benzene rings is 4. The van der Waals surface area contributed by atoms with Gasteiger partial charge in [0.15, 0.2) is 11.5 Å². The molecule has 4 aromatic rings. The van der Waals surface area contributed by atoms with Gasteiger partial charge in [-0.05, 0) is 97.8 Å². The fourth-order valence-corrected chi connectivity index (χ4v) is 4.18. The molecule has 0 radical (unpaired) electrons. The fraction of sp³-hybridized carbons (Fsp3) is 0.257. The topological polar surface area (TPSA) is 114 Å². The Labute approximate surface area is 261 Å². The summed E-state index contributed by atoms with van der Waals surface area (Å²) in [6, 6.07) is 23.4. The molecule has 0 aromatic heterocycles. The highest BCUT2D eigenvalue weighted by atomic mass is 16.7. The van der Waals surface area contributed by atoms with E-state index in [4.69, 9.17) is 28.4 Å². The number of carbonyl (C=O) groups excluding carboxylic acids is 2. The van der Waals surface area contributed by atoms with E-state index in [9.17, 15) is 9.59 Å². The van der Waals surface area contributed by atoms with Crippen LogP contribution in [-0.4, -0.2) is 31.9 Å². The number of esters is 2. The average molecular weight is 611 g/mol. The van der Waals surface area contributed by atoms with Crippen molar-refractivity contribution in [3.8, 4) is 34.5 Å². The van der Waals surface area contributed by atoms with Crippen molar-refractivity contribution in [1.82, 2.24) is 0 Å². The molecule has 10 heteroatoms. The fourth-order valence-electron chi connectivity index (χ4n) is 4.18. The van der Waals surface area contributed by atoms with Crippen molar-refractivity contribution in [3.05, 3.63) is 96.1 Å². The van der Waals surface area contributed by atoms with Crippen molar-refractivity contribution in [2.24, 2.45) is 10.2 Å². The molecule has 1 aliphatic rings. The number of carbonyl (C=O) groups is 2. The largest absolute Gasteiger partial charge is 0.494 e. The summed E-state index contributed by atoms with van der Waals surface area (Å²) in [7, 11) is 0. The van der Waals surface area contributed by atoms with Gasteiger partial charge in [-0.3, -0.25) is 0 Å². The zero-order valence-electron chi connectivity index (χ0n) is 25.2. The van der Waals surface area contributed by atoms with E-state index < -0.39 is 11.9 Å². The van der Waals surface area contributed by atoms with Crippen LogP contribution >= 0.6 is 0 Å². The first-order valence-electron chi connectivity index (χ1n) is 14.9. The van der Waals surface area contributed by atoms with Crippen molar-refractivity contribution >= 4 is 23.3 Å². The lowest BCUT2D eigenvalue weighted by Gasteiger charge is -2.09. The molecule has 0 unspecified atom stereocenters. The molecular formula is C35H34N2O8. The van der Waals surface area contributed by atoms with Crippen LogP contribution in [0.25, 0.3) is 0 Å². The van der Waals surface area contributed by atoms with Gasteiger partial charge >= 0.3 is 11.9 Å². The zero-order chi connectivity index (χ0) is 31.4. The lowest BCUT2D eigenvalue weighted by atomic mass is 10.2. The monoisotopic (exact) mass is 610 g/mol. The van der Waals surface area contributed by atoms with E-state index in [1.165, 1.54) is 0 Å². The van der Waals surface area contributed by atoms with Crippen LogP contribution in [0.4, 0.5) is 11.4 Å². The van der Waals surface area contributed by atoms with Crippen LogP contribution in [0.2, 0.25) is 0 Å². The highest BCUT2D eigenvalue weighted by Gasteiger charge is 2.25. The Bertz CT molecular complexity index is 1620. The molecular weight excluding hydrogens is 576 g/mol. The van der Waals surface area contributed by atoms with Crippen LogP contribution in [0.1, 0.15) is 60.2 Å². The molecule has 232 valence electrons. The predicted octanol–water partition coefficient (Wildman–Crippen LogP) is 8.63. The van der Waals surface area contributed by atoms with Crippen LogP contribution in [0.3, 0.4) is 0 Å². The van der Waals surface area contributed by atoms with Crippen LogP contribution < -0.4 is 28.4 Å². The molecule has 5 rings (SSSR count). The van der Waals surface area contributed by atoms with Crippen LogP contribution in [-0.2, 0) is 0 Å². The van der Waals surface area contributed by atoms with E-state index in [0.717, 1.165) is 25.7 Å². The number of nitrogens with zero attached hydrogens (tertiary/aromatic N) is 2. The summed E-state index contributed by atoms with van der Waals surface area (Å²) in [4.78, 5) is 25.3. The zero-order valence-corrected chi connectivity index (χ0v) is 25.2. The van der Waals surface area contributed by atoms with Gasteiger partial charge in [0.25, 0.3) is 0 Å². The minimum atomic E-state index is -0.545. The third kappa shape index (κ3) is 8.38. The van der Waals surface area contributed by atoms with Gasteiger partial charge in [-0.2, -0.15) is 5.11 Å². The standard InChI is InChI=1S/C35H34N2O8/c1-3-5-21-40-27-13-7-24(8-14-27)34(38)44-29-17-11-26(12-18-29)36-37-30-19-20-31(33-32(30)42-23-43-33)45-35(39)25-9-15-28(16-10-25)41-22-6-4-2/h7-20H,3-6,21-23H2,1-2H3. The molecule has 0 aliphatic carbocycles. The third-order valence-corrected chi connectivity index (χ3v) is 6.70. The number of hydrogen-bond donors (Lipinski definition) is 0. The molecule has 0 amide bonds. The van der Waals surface area contributed by atoms with Gasteiger partial charge in [0.1, 0.15) is 22.9 Å². The third-order valence-electron chi connectivity index (χ3n) is 6.70. The molecule has 0 saturated heterocycles. The number of hydrogen-bond acceptors (Lipinski definition) is 10. The van der Waals surface area contributed by atoms with E-state index in [1.54, 1.807) is 84.9 Å². The Morgan fingerprint density at radius 3 is 1.73 bits per heavy atom. The van der Waals surface area contributed by atoms with Gasteiger partial charge in [0, 0.05) is 0 Å². The summed E-state index contributed by atoms with van der Waals surface area (Å²) in [6.45, 7) is 5.41. The summed E-state index contributed by atoms with van der Waals surface area (Å²) in [6.07, 6.45) is 4.02. The van der Waals surface area contributed by atoms with E-state index in [-0.39, 0.29) is 18.3 Å². The van der Waals surface area contributed by atoms with E-state index in [2.05, 4.69) is 24.1 Å². The van der Waals surface area contributed by atoms with Crippen LogP contribution in [0, 0.1) is 0 Å². The van der Waals surface area contributed by atoms with Crippen LogP contribution in [0.5, 0.6) is 34.5 Å². The molecule has 0 bridgehead atoms. The number of unbranched alkanes of at least 4 members (excludes halogenated alkanes) is 2. The molecule has 10 nitrogen and oxygen atoms in total. The number of ether oxygens (including phenoxy) is 6. The van der Waals surface area contributed by atoms with E-state index in [1.807, 2.05) is 0 Å². The SMILES string of the molecule is CCCCOc1ccc(C(=O)Oc2ccc(N=Nc3ccc(OC(=O)c4ccc(OCCCC)cc4)c4c3OCO4)cc2)cc1. The molecule has 0 spiro atoms. The molecule has 0 atom stereocenters. The number of rotatable bonds is 14. The predicted molar refractivity (Wildman–Crippen MR) is 167 cm³/mol. The van der Waals surface area contributed by atoms with Crippen molar-refractivity contribution in [2.45, 2.75) is 39.5 Å². The Morgan fingerprint density at radius 1 is 0.622 bits per heavy atom. The Balaban J connectivity index is 1.18. The highest BCUT2D eigenvalue weighted by Crippen LogP contribution is 2.48. The van der Waals surface area contributed by atoms with Gasteiger partial charge < -0.3 is 28.4 Å². The average Bonchev–Trinajstić information content (AvgIpc) is 3.57. The second kappa shape index (κ2) is 15.4. The Hall–Kier alpha value is -5.38. The molecule has 45 heavy (non-hydrogen) atoms. The lowest BCUT2D eigenvalue weighted by Crippen LogP contribution is -2.09. The van der Waals surface area contributed by atoms with Crippen molar-refractivity contribution < 1.29 is 38.0 Å². The summed E-state index contributed by atoms with van der Waals surface area (Å²) in [5.74, 6) is 1.53. The normalized spacial score (nSPS) is 11.8. The second-order valence-electron chi connectivity index (χ2n) is 10.1. The first kappa shape index (κ1) is 31.1. The molecule has 1 heterocycles. The number of fused-ring (bicyclic) bond motifs is 1. The van der Waals surface area contributed by atoms with E-state index >= 15 is 0 Å². The molecule has 0 fully saturated rings. The van der Waals surface area contributed by atoms with Gasteiger partial charge in [0.2, 0.25) is 12.5 Å². The number of azo groups is 1. The van der Waals surface area contributed by atoms with Crippen molar-refractivity contribution in [2.75, 3.05) is 20.0 Å². The molecule has 0 N–H and O–H groups in total. The molecule has 0 saturated carbocycles. The van der Waals surface area contributed by atoms with Crippen molar-refractivity contribution in [1.29, 1.82) is 0 Å². The maximum atomic E-state index is 12.8. The van der Waals surface area contributed by atoms with Gasteiger partial charge in [-0.1, -0.05) is 26.7 Å². The van der Waals surface area contributed by atoms with E-state index in [0.29, 0.717) is 58.7 Å². The summed E-state index contributed by atoms with van der Waals surface area (Å²) >= 11 is 0.